The summed E-state index contributed by atoms with van der Waals surface area (Å²) < 4.78 is 10.8. The van der Waals surface area contributed by atoms with Gasteiger partial charge in [0.2, 0.25) is 0 Å². The van der Waals surface area contributed by atoms with Crippen molar-refractivity contribution in [3.8, 4) is 5.75 Å². The molecule has 0 saturated carbocycles. The summed E-state index contributed by atoms with van der Waals surface area (Å²) in [6, 6.07) is 1.92. The third-order valence-electron chi connectivity index (χ3n) is 2.26. The lowest BCUT2D eigenvalue weighted by Crippen LogP contribution is -2.08. The van der Waals surface area contributed by atoms with Crippen LogP contribution in [0.1, 0.15) is 21.5 Å². The number of aryl methyl sites for hydroxylation is 1. The van der Waals surface area contributed by atoms with Gasteiger partial charge in [-0.3, -0.25) is 0 Å². The summed E-state index contributed by atoms with van der Waals surface area (Å²) in [6.07, 6.45) is 0. The number of methoxy groups -OCH3 is 2. The highest BCUT2D eigenvalue weighted by Crippen LogP contribution is 2.32. The van der Waals surface area contributed by atoms with E-state index in [1.54, 1.807) is 7.11 Å². The molecule has 0 aromatic heterocycles. The zero-order valence-corrected chi connectivity index (χ0v) is 10.8. The fourth-order valence-corrected chi connectivity index (χ4v) is 2.00. The first-order valence-corrected chi connectivity index (χ1v) is 5.24. The average molecular weight is 273 g/mol. The molecule has 3 nitrogen and oxygen atoms in total. The Bertz CT molecular complexity index is 399. The molecule has 1 aromatic carbocycles. The minimum Gasteiger partial charge on any atom is -0.496 e. The number of carbonyl (C=O) groups is 1. The average Bonchev–Trinajstić information content (AvgIpc) is 2.21. The predicted molar refractivity (Wildman–Crippen MR) is 61.5 cm³/mol. The standard InChI is InChI=1S/C11H13BrO3/c1-6-5-8(12)7(2)9(10(6)14-3)11(13)15-4/h5H,1-4H3. The first-order chi connectivity index (χ1) is 7.02. The molecule has 82 valence electrons. The van der Waals surface area contributed by atoms with Crippen LogP contribution in [0.25, 0.3) is 0 Å². The number of esters is 1. The Morgan fingerprint density at radius 3 is 2.40 bits per heavy atom. The fourth-order valence-electron chi connectivity index (χ4n) is 1.46. The van der Waals surface area contributed by atoms with Gasteiger partial charge in [-0.25, -0.2) is 4.79 Å². The number of hydrogen-bond donors (Lipinski definition) is 0. The van der Waals surface area contributed by atoms with Crippen LogP contribution in [-0.4, -0.2) is 20.2 Å². The Morgan fingerprint density at radius 2 is 1.93 bits per heavy atom. The second-order valence-corrected chi connectivity index (χ2v) is 4.05. The van der Waals surface area contributed by atoms with E-state index in [9.17, 15) is 4.79 Å². The molecule has 0 spiro atoms. The van der Waals surface area contributed by atoms with Crippen molar-refractivity contribution in [2.45, 2.75) is 13.8 Å². The van der Waals surface area contributed by atoms with Crippen LogP contribution in [0.4, 0.5) is 0 Å². The zero-order chi connectivity index (χ0) is 11.6. The largest absolute Gasteiger partial charge is 0.496 e. The lowest BCUT2D eigenvalue weighted by Gasteiger charge is -2.13. The molecule has 0 unspecified atom stereocenters. The van der Waals surface area contributed by atoms with E-state index >= 15 is 0 Å². The molecule has 4 heteroatoms. The lowest BCUT2D eigenvalue weighted by molar-refractivity contribution is 0.0596. The summed E-state index contributed by atoms with van der Waals surface area (Å²) in [7, 11) is 2.90. The van der Waals surface area contributed by atoms with Gasteiger partial charge in [0.1, 0.15) is 11.3 Å². The van der Waals surface area contributed by atoms with E-state index < -0.39 is 0 Å². The molecule has 0 bridgehead atoms. The normalized spacial score (nSPS) is 9.93. The molecule has 0 aliphatic heterocycles. The van der Waals surface area contributed by atoms with Crippen LogP contribution in [0, 0.1) is 13.8 Å². The highest BCUT2D eigenvalue weighted by molar-refractivity contribution is 9.10. The van der Waals surface area contributed by atoms with Gasteiger partial charge in [0.15, 0.2) is 0 Å². The molecule has 0 fully saturated rings. The van der Waals surface area contributed by atoms with Gasteiger partial charge in [0, 0.05) is 4.47 Å². The first-order valence-electron chi connectivity index (χ1n) is 4.45. The highest BCUT2D eigenvalue weighted by atomic mass is 79.9. The minimum absolute atomic E-state index is 0.381. The lowest BCUT2D eigenvalue weighted by atomic mass is 10.0. The smallest absolute Gasteiger partial charge is 0.341 e. The second kappa shape index (κ2) is 4.66. The second-order valence-electron chi connectivity index (χ2n) is 3.20. The predicted octanol–water partition coefficient (Wildman–Crippen LogP) is 2.86. The van der Waals surface area contributed by atoms with Gasteiger partial charge in [-0.2, -0.15) is 0 Å². The first kappa shape index (κ1) is 12.0. The number of benzene rings is 1. The van der Waals surface area contributed by atoms with Crippen molar-refractivity contribution in [1.29, 1.82) is 0 Å². The maximum atomic E-state index is 11.6. The fraction of sp³-hybridized carbons (Fsp3) is 0.364. The molecule has 15 heavy (non-hydrogen) atoms. The van der Waals surface area contributed by atoms with Crippen LogP contribution in [0.2, 0.25) is 0 Å². The van der Waals surface area contributed by atoms with Crippen molar-refractivity contribution >= 4 is 21.9 Å². The van der Waals surface area contributed by atoms with Crippen molar-refractivity contribution in [1.82, 2.24) is 0 Å². The summed E-state index contributed by atoms with van der Waals surface area (Å²) in [5.74, 6) is 0.191. The van der Waals surface area contributed by atoms with Crippen LogP contribution >= 0.6 is 15.9 Å². The maximum Gasteiger partial charge on any atom is 0.341 e. The van der Waals surface area contributed by atoms with Gasteiger partial charge in [0.25, 0.3) is 0 Å². The zero-order valence-electron chi connectivity index (χ0n) is 9.18. The molecule has 0 aliphatic carbocycles. The molecule has 1 rings (SSSR count). The number of hydrogen-bond acceptors (Lipinski definition) is 3. The summed E-state index contributed by atoms with van der Waals surface area (Å²) in [5.41, 5.74) is 2.20. The summed E-state index contributed by atoms with van der Waals surface area (Å²) in [5, 5.41) is 0. The maximum absolute atomic E-state index is 11.6. The van der Waals surface area contributed by atoms with Crippen molar-refractivity contribution < 1.29 is 14.3 Å². The van der Waals surface area contributed by atoms with E-state index in [0.29, 0.717) is 11.3 Å². The minimum atomic E-state index is -0.381. The SMILES string of the molecule is COC(=O)c1c(C)c(Br)cc(C)c1OC. The molecule has 1 aromatic rings. The van der Waals surface area contributed by atoms with Crippen molar-refractivity contribution in [2.75, 3.05) is 14.2 Å². The number of halogens is 1. The van der Waals surface area contributed by atoms with Gasteiger partial charge >= 0.3 is 5.97 Å². The van der Waals surface area contributed by atoms with Crippen LogP contribution in [0.15, 0.2) is 10.5 Å². The molecule has 0 N–H and O–H groups in total. The van der Waals surface area contributed by atoms with E-state index in [4.69, 9.17) is 9.47 Å². The summed E-state index contributed by atoms with van der Waals surface area (Å²) in [6.45, 7) is 3.73. The molecular weight excluding hydrogens is 260 g/mol. The third kappa shape index (κ3) is 2.15. The number of carbonyl (C=O) groups excluding carboxylic acids is 1. The van der Waals surface area contributed by atoms with Gasteiger partial charge in [-0.05, 0) is 31.0 Å². The van der Waals surface area contributed by atoms with Crippen LogP contribution in [0.3, 0.4) is 0 Å². The molecule has 0 heterocycles. The summed E-state index contributed by atoms with van der Waals surface area (Å²) in [4.78, 5) is 11.6. The summed E-state index contributed by atoms with van der Waals surface area (Å²) >= 11 is 3.39. The van der Waals surface area contributed by atoms with Crippen LogP contribution in [-0.2, 0) is 4.74 Å². The topological polar surface area (TPSA) is 35.5 Å². The molecular formula is C11H13BrO3. The van der Waals surface area contributed by atoms with Gasteiger partial charge in [0.05, 0.1) is 14.2 Å². The van der Waals surface area contributed by atoms with Gasteiger partial charge in [-0.15, -0.1) is 0 Å². The Labute approximate surface area is 97.5 Å². The highest BCUT2D eigenvalue weighted by Gasteiger charge is 2.19. The van der Waals surface area contributed by atoms with E-state index in [1.165, 1.54) is 7.11 Å². The van der Waals surface area contributed by atoms with Gasteiger partial charge < -0.3 is 9.47 Å². The molecule has 0 saturated heterocycles. The van der Waals surface area contributed by atoms with E-state index in [2.05, 4.69) is 15.9 Å². The molecule has 0 atom stereocenters. The Hall–Kier alpha value is -1.03. The molecule has 0 aliphatic rings. The molecule has 0 amide bonds. The number of ether oxygens (including phenoxy) is 2. The Kier molecular flexibility index (Phi) is 3.74. The van der Waals surface area contributed by atoms with Crippen LogP contribution < -0.4 is 4.74 Å². The van der Waals surface area contributed by atoms with Crippen molar-refractivity contribution in [2.24, 2.45) is 0 Å². The van der Waals surface area contributed by atoms with Crippen LogP contribution in [0.5, 0.6) is 5.75 Å². The Morgan fingerprint density at radius 1 is 1.33 bits per heavy atom. The van der Waals surface area contributed by atoms with Crippen molar-refractivity contribution in [3.63, 3.8) is 0 Å². The quantitative estimate of drug-likeness (QED) is 0.777. The van der Waals surface area contributed by atoms with E-state index in [1.807, 2.05) is 19.9 Å². The van der Waals surface area contributed by atoms with E-state index in [-0.39, 0.29) is 5.97 Å². The van der Waals surface area contributed by atoms with Crippen molar-refractivity contribution in [3.05, 3.63) is 27.2 Å². The monoisotopic (exact) mass is 272 g/mol. The van der Waals surface area contributed by atoms with E-state index in [0.717, 1.165) is 15.6 Å². The third-order valence-corrected chi connectivity index (χ3v) is 3.08. The molecule has 0 radical (unpaired) electrons. The van der Waals surface area contributed by atoms with Gasteiger partial charge in [-0.1, -0.05) is 15.9 Å². The number of rotatable bonds is 2. The Balaban J connectivity index is 3.50.